The maximum absolute atomic E-state index is 5.48. The predicted octanol–water partition coefficient (Wildman–Crippen LogP) is 2.41. The molecule has 1 N–H and O–H groups in total. The van der Waals surface area contributed by atoms with Crippen LogP contribution in [0, 0.1) is 0 Å². The van der Waals surface area contributed by atoms with Gasteiger partial charge >= 0.3 is 0 Å². The van der Waals surface area contributed by atoms with Crippen molar-refractivity contribution in [2.75, 3.05) is 26.7 Å². The Bertz CT molecular complexity index is 221. The zero-order valence-electron chi connectivity index (χ0n) is 12.2. The third-order valence-electron chi connectivity index (χ3n) is 4.62. The zero-order chi connectivity index (χ0) is 12.8. The van der Waals surface area contributed by atoms with Gasteiger partial charge in [0, 0.05) is 25.7 Å². The summed E-state index contributed by atoms with van der Waals surface area (Å²) in [6, 6.07) is 1.55. The van der Waals surface area contributed by atoms with E-state index in [2.05, 4.69) is 17.1 Å². The molecular weight excluding hydrogens is 224 g/mol. The average molecular weight is 254 g/mol. The van der Waals surface area contributed by atoms with Gasteiger partial charge in [-0.1, -0.05) is 6.92 Å². The Balaban J connectivity index is 1.80. The van der Waals surface area contributed by atoms with Crippen molar-refractivity contribution in [1.82, 2.24) is 10.2 Å². The molecule has 0 amide bonds. The van der Waals surface area contributed by atoms with Crippen LogP contribution in [-0.2, 0) is 4.74 Å². The van der Waals surface area contributed by atoms with E-state index < -0.39 is 0 Å². The molecular formula is C15H30N2O. The molecule has 0 spiro atoms. The fourth-order valence-corrected chi connectivity index (χ4v) is 3.55. The summed E-state index contributed by atoms with van der Waals surface area (Å²) in [5, 5.41) is 3.64. The van der Waals surface area contributed by atoms with Gasteiger partial charge in [0.15, 0.2) is 0 Å². The predicted molar refractivity (Wildman–Crippen MR) is 75.9 cm³/mol. The summed E-state index contributed by atoms with van der Waals surface area (Å²) in [4.78, 5) is 2.74. The van der Waals surface area contributed by atoms with Gasteiger partial charge in [-0.05, 0) is 58.0 Å². The Morgan fingerprint density at radius 1 is 1.17 bits per heavy atom. The van der Waals surface area contributed by atoms with E-state index in [0.717, 1.165) is 12.1 Å². The van der Waals surface area contributed by atoms with Crippen LogP contribution < -0.4 is 5.32 Å². The minimum atomic E-state index is 0.523. The largest absolute Gasteiger partial charge is 0.381 e. The van der Waals surface area contributed by atoms with Crippen LogP contribution in [0.5, 0.6) is 0 Å². The van der Waals surface area contributed by atoms with Crippen LogP contribution in [0.15, 0.2) is 0 Å². The van der Waals surface area contributed by atoms with Crippen LogP contribution in [0.25, 0.3) is 0 Å². The lowest BCUT2D eigenvalue weighted by molar-refractivity contribution is 0.0365. The third kappa shape index (κ3) is 3.94. The molecule has 106 valence electrons. The van der Waals surface area contributed by atoms with Crippen LogP contribution in [0.3, 0.4) is 0 Å². The molecule has 2 aliphatic rings. The lowest BCUT2D eigenvalue weighted by Gasteiger charge is -2.37. The Morgan fingerprint density at radius 3 is 2.50 bits per heavy atom. The first-order valence-electron chi connectivity index (χ1n) is 7.83. The first kappa shape index (κ1) is 14.3. The van der Waals surface area contributed by atoms with Gasteiger partial charge < -0.3 is 10.1 Å². The fourth-order valence-electron chi connectivity index (χ4n) is 3.55. The molecule has 0 aromatic heterocycles. The number of nitrogens with one attached hydrogen (secondary N) is 1. The SMILES string of the molecule is CCCN(CC1CCCN1)C1CCC(OC)CC1. The van der Waals surface area contributed by atoms with E-state index in [1.807, 2.05) is 7.11 Å². The molecule has 3 nitrogen and oxygen atoms in total. The summed E-state index contributed by atoms with van der Waals surface area (Å²) in [5.74, 6) is 0. The Kier molecular flexibility index (Phi) is 5.93. The van der Waals surface area contributed by atoms with Gasteiger partial charge in [0.1, 0.15) is 0 Å². The van der Waals surface area contributed by atoms with Crippen LogP contribution in [0.1, 0.15) is 51.9 Å². The molecule has 1 unspecified atom stereocenters. The molecule has 0 radical (unpaired) electrons. The molecule has 1 heterocycles. The molecule has 1 saturated heterocycles. The quantitative estimate of drug-likeness (QED) is 0.788. The van der Waals surface area contributed by atoms with Crippen LogP contribution in [0.4, 0.5) is 0 Å². The highest BCUT2D eigenvalue weighted by molar-refractivity contribution is 4.84. The van der Waals surface area contributed by atoms with Gasteiger partial charge in [0.2, 0.25) is 0 Å². The molecule has 2 rings (SSSR count). The lowest BCUT2D eigenvalue weighted by atomic mass is 9.91. The average Bonchev–Trinajstić information content (AvgIpc) is 2.91. The first-order chi connectivity index (χ1) is 8.83. The number of hydrogen-bond acceptors (Lipinski definition) is 3. The number of hydrogen-bond donors (Lipinski definition) is 1. The maximum Gasteiger partial charge on any atom is 0.0572 e. The van der Waals surface area contributed by atoms with Crippen molar-refractivity contribution in [3.8, 4) is 0 Å². The maximum atomic E-state index is 5.48. The number of ether oxygens (including phenoxy) is 1. The zero-order valence-corrected chi connectivity index (χ0v) is 12.2. The lowest BCUT2D eigenvalue weighted by Crippen LogP contribution is -2.45. The molecule has 1 aliphatic heterocycles. The summed E-state index contributed by atoms with van der Waals surface area (Å²) in [6.45, 7) is 6.05. The van der Waals surface area contributed by atoms with Gasteiger partial charge in [-0.15, -0.1) is 0 Å². The Hall–Kier alpha value is -0.120. The van der Waals surface area contributed by atoms with E-state index in [4.69, 9.17) is 4.74 Å². The molecule has 0 aromatic carbocycles. The summed E-state index contributed by atoms with van der Waals surface area (Å²) in [5.41, 5.74) is 0. The van der Waals surface area contributed by atoms with Crippen molar-refractivity contribution in [2.24, 2.45) is 0 Å². The number of rotatable bonds is 6. The van der Waals surface area contributed by atoms with E-state index in [9.17, 15) is 0 Å². The second kappa shape index (κ2) is 7.46. The van der Waals surface area contributed by atoms with Crippen molar-refractivity contribution < 1.29 is 4.74 Å². The van der Waals surface area contributed by atoms with Crippen LogP contribution >= 0.6 is 0 Å². The summed E-state index contributed by atoms with van der Waals surface area (Å²) in [6.07, 6.45) is 9.68. The summed E-state index contributed by atoms with van der Waals surface area (Å²) in [7, 11) is 1.86. The molecule has 1 atom stereocenters. The van der Waals surface area contributed by atoms with E-state index in [1.54, 1.807) is 0 Å². The Labute approximate surface area is 112 Å². The second-order valence-corrected chi connectivity index (χ2v) is 5.95. The topological polar surface area (TPSA) is 24.5 Å². The van der Waals surface area contributed by atoms with Gasteiger partial charge in [-0.3, -0.25) is 4.90 Å². The molecule has 0 aromatic rings. The molecule has 1 aliphatic carbocycles. The van der Waals surface area contributed by atoms with Gasteiger partial charge in [0.25, 0.3) is 0 Å². The van der Waals surface area contributed by atoms with E-state index in [-0.39, 0.29) is 0 Å². The van der Waals surface area contributed by atoms with Crippen molar-refractivity contribution in [3.63, 3.8) is 0 Å². The molecule has 1 saturated carbocycles. The van der Waals surface area contributed by atoms with Crippen LogP contribution in [0.2, 0.25) is 0 Å². The highest BCUT2D eigenvalue weighted by Crippen LogP contribution is 2.25. The highest BCUT2D eigenvalue weighted by atomic mass is 16.5. The van der Waals surface area contributed by atoms with Gasteiger partial charge in [-0.25, -0.2) is 0 Å². The van der Waals surface area contributed by atoms with E-state index >= 15 is 0 Å². The minimum absolute atomic E-state index is 0.523. The number of nitrogens with zero attached hydrogens (tertiary/aromatic N) is 1. The molecule has 18 heavy (non-hydrogen) atoms. The standard InChI is InChI=1S/C15H30N2O/c1-3-11-17(12-13-5-4-10-16-13)14-6-8-15(18-2)9-7-14/h13-16H,3-12H2,1-2H3. The number of methoxy groups -OCH3 is 1. The minimum Gasteiger partial charge on any atom is -0.381 e. The van der Waals surface area contributed by atoms with Gasteiger partial charge in [-0.2, -0.15) is 0 Å². The van der Waals surface area contributed by atoms with Crippen molar-refractivity contribution in [3.05, 3.63) is 0 Å². The molecule has 0 bridgehead atoms. The van der Waals surface area contributed by atoms with Gasteiger partial charge in [0.05, 0.1) is 6.10 Å². The van der Waals surface area contributed by atoms with Crippen molar-refractivity contribution in [1.29, 1.82) is 0 Å². The first-order valence-corrected chi connectivity index (χ1v) is 7.83. The van der Waals surface area contributed by atoms with Crippen molar-refractivity contribution >= 4 is 0 Å². The second-order valence-electron chi connectivity index (χ2n) is 5.95. The summed E-state index contributed by atoms with van der Waals surface area (Å²) < 4.78 is 5.48. The fraction of sp³-hybridized carbons (Fsp3) is 1.00. The monoisotopic (exact) mass is 254 g/mol. The van der Waals surface area contributed by atoms with Crippen molar-refractivity contribution in [2.45, 2.75) is 70.1 Å². The summed E-state index contributed by atoms with van der Waals surface area (Å²) >= 11 is 0. The smallest absolute Gasteiger partial charge is 0.0572 e. The Morgan fingerprint density at radius 2 is 1.94 bits per heavy atom. The van der Waals surface area contributed by atoms with E-state index in [1.165, 1.54) is 64.6 Å². The molecule has 3 heteroatoms. The van der Waals surface area contributed by atoms with Crippen LogP contribution in [-0.4, -0.2) is 49.8 Å². The third-order valence-corrected chi connectivity index (χ3v) is 4.62. The molecule has 2 fully saturated rings. The highest BCUT2D eigenvalue weighted by Gasteiger charge is 2.27. The van der Waals surface area contributed by atoms with E-state index in [0.29, 0.717) is 6.10 Å². The normalized spacial score (nSPS) is 33.2.